The number of benzene rings is 1. The predicted octanol–water partition coefficient (Wildman–Crippen LogP) is 4.47. The van der Waals surface area contributed by atoms with Crippen LogP contribution in [0.1, 0.15) is 24.1 Å². The Kier molecular flexibility index (Phi) is 3.42. The van der Waals surface area contributed by atoms with Crippen molar-refractivity contribution in [3.8, 4) is 11.4 Å². The second-order valence-corrected chi connectivity index (χ2v) is 5.36. The first-order valence-electron chi connectivity index (χ1n) is 6.16. The number of rotatable bonds is 1. The van der Waals surface area contributed by atoms with Gasteiger partial charge in [-0.15, -0.1) is 0 Å². The van der Waals surface area contributed by atoms with Gasteiger partial charge in [0.25, 0.3) is 0 Å². The molecule has 1 aliphatic carbocycles. The van der Waals surface area contributed by atoms with Crippen molar-refractivity contribution in [3.05, 3.63) is 45.4 Å². The fourth-order valence-corrected chi connectivity index (χ4v) is 2.87. The van der Waals surface area contributed by atoms with Crippen LogP contribution >= 0.6 is 23.2 Å². The van der Waals surface area contributed by atoms with Crippen LogP contribution in [-0.4, -0.2) is 9.97 Å². The van der Waals surface area contributed by atoms with Crippen molar-refractivity contribution in [2.75, 3.05) is 0 Å². The van der Waals surface area contributed by atoms with Crippen molar-refractivity contribution in [2.45, 2.75) is 25.7 Å². The first-order chi connectivity index (χ1) is 9.15. The standard InChI is InChI=1S/C14H11Cl2FN2/c15-11-7-8(17)5-6-9(11)14-18-12-4-2-1-3-10(12)13(16)19-14/h5-7H,1-4H2. The molecule has 0 fully saturated rings. The molecular weight excluding hydrogens is 286 g/mol. The van der Waals surface area contributed by atoms with Gasteiger partial charge in [-0.3, -0.25) is 0 Å². The molecule has 2 aromatic rings. The van der Waals surface area contributed by atoms with Crippen molar-refractivity contribution >= 4 is 23.2 Å². The third kappa shape index (κ3) is 2.45. The normalized spacial score (nSPS) is 14.3. The average Bonchev–Trinajstić information content (AvgIpc) is 2.38. The highest BCUT2D eigenvalue weighted by Gasteiger charge is 2.18. The molecule has 1 aliphatic rings. The van der Waals surface area contributed by atoms with E-state index in [2.05, 4.69) is 9.97 Å². The zero-order valence-corrected chi connectivity index (χ0v) is 11.6. The smallest absolute Gasteiger partial charge is 0.162 e. The number of hydrogen-bond donors (Lipinski definition) is 0. The van der Waals surface area contributed by atoms with E-state index in [0.29, 0.717) is 21.6 Å². The molecule has 0 saturated carbocycles. The van der Waals surface area contributed by atoms with Crippen LogP contribution in [0.15, 0.2) is 18.2 Å². The molecule has 0 spiro atoms. The van der Waals surface area contributed by atoms with E-state index in [1.807, 2.05) is 0 Å². The molecule has 5 heteroatoms. The van der Waals surface area contributed by atoms with Crippen molar-refractivity contribution < 1.29 is 4.39 Å². The van der Waals surface area contributed by atoms with Gasteiger partial charge in [0.2, 0.25) is 0 Å². The Balaban J connectivity index is 2.13. The number of hydrogen-bond acceptors (Lipinski definition) is 2. The highest BCUT2D eigenvalue weighted by atomic mass is 35.5. The minimum Gasteiger partial charge on any atom is -0.233 e. The topological polar surface area (TPSA) is 25.8 Å². The van der Waals surface area contributed by atoms with Crippen LogP contribution in [-0.2, 0) is 12.8 Å². The first kappa shape index (κ1) is 12.8. The summed E-state index contributed by atoms with van der Waals surface area (Å²) in [6.45, 7) is 0. The van der Waals surface area contributed by atoms with Crippen LogP contribution in [0.2, 0.25) is 10.2 Å². The number of nitrogens with zero attached hydrogens (tertiary/aromatic N) is 2. The van der Waals surface area contributed by atoms with Gasteiger partial charge in [0.1, 0.15) is 11.0 Å². The molecular formula is C14H11Cl2FN2. The molecule has 0 amide bonds. The number of halogens is 3. The van der Waals surface area contributed by atoms with E-state index in [4.69, 9.17) is 23.2 Å². The number of aromatic nitrogens is 2. The summed E-state index contributed by atoms with van der Waals surface area (Å²) in [5.41, 5.74) is 2.63. The second kappa shape index (κ2) is 5.06. The minimum atomic E-state index is -0.377. The van der Waals surface area contributed by atoms with Gasteiger partial charge in [-0.2, -0.15) is 0 Å². The summed E-state index contributed by atoms with van der Waals surface area (Å²) in [6.07, 6.45) is 4.05. The molecule has 1 aromatic carbocycles. The molecule has 3 rings (SSSR count). The Bertz CT molecular complexity index is 644. The van der Waals surface area contributed by atoms with E-state index in [9.17, 15) is 4.39 Å². The lowest BCUT2D eigenvalue weighted by atomic mass is 9.97. The summed E-state index contributed by atoms with van der Waals surface area (Å²) >= 11 is 12.2. The third-order valence-corrected chi connectivity index (χ3v) is 3.93. The Morgan fingerprint density at radius 1 is 1.05 bits per heavy atom. The van der Waals surface area contributed by atoms with E-state index in [1.165, 1.54) is 12.1 Å². The highest BCUT2D eigenvalue weighted by Crippen LogP contribution is 2.31. The quantitative estimate of drug-likeness (QED) is 0.726. The predicted molar refractivity (Wildman–Crippen MR) is 74.1 cm³/mol. The zero-order chi connectivity index (χ0) is 13.4. The van der Waals surface area contributed by atoms with Crippen LogP contribution in [0.5, 0.6) is 0 Å². The molecule has 0 bridgehead atoms. The lowest BCUT2D eigenvalue weighted by molar-refractivity contribution is 0.628. The lowest BCUT2D eigenvalue weighted by Gasteiger charge is -2.16. The molecule has 1 heterocycles. The molecule has 0 N–H and O–H groups in total. The molecule has 0 atom stereocenters. The molecule has 0 unspecified atom stereocenters. The van der Waals surface area contributed by atoms with E-state index in [-0.39, 0.29) is 5.82 Å². The Hall–Kier alpha value is -1.19. The van der Waals surface area contributed by atoms with Gasteiger partial charge in [0, 0.05) is 16.8 Å². The van der Waals surface area contributed by atoms with Crippen LogP contribution in [0, 0.1) is 5.82 Å². The molecule has 0 aliphatic heterocycles. The Morgan fingerprint density at radius 2 is 1.84 bits per heavy atom. The maximum absolute atomic E-state index is 13.1. The largest absolute Gasteiger partial charge is 0.233 e. The van der Waals surface area contributed by atoms with Crippen LogP contribution in [0.3, 0.4) is 0 Å². The van der Waals surface area contributed by atoms with Gasteiger partial charge >= 0.3 is 0 Å². The summed E-state index contributed by atoms with van der Waals surface area (Å²) in [5, 5.41) is 0.784. The molecule has 0 radical (unpaired) electrons. The zero-order valence-electron chi connectivity index (χ0n) is 10.1. The number of aryl methyl sites for hydroxylation is 1. The highest BCUT2D eigenvalue weighted by molar-refractivity contribution is 6.33. The maximum Gasteiger partial charge on any atom is 0.162 e. The number of fused-ring (bicyclic) bond motifs is 1. The minimum absolute atomic E-state index is 0.298. The fourth-order valence-electron chi connectivity index (χ4n) is 2.34. The summed E-state index contributed by atoms with van der Waals surface area (Å²) in [4.78, 5) is 8.83. The van der Waals surface area contributed by atoms with Crippen LogP contribution in [0.4, 0.5) is 4.39 Å². The van der Waals surface area contributed by atoms with Crippen LogP contribution in [0.25, 0.3) is 11.4 Å². The molecule has 1 aromatic heterocycles. The summed E-state index contributed by atoms with van der Waals surface area (Å²) in [6, 6.07) is 4.18. The molecule has 0 saturated heterocycles. The summed E-state index contributed by atoms with van der Waals surface area (Å²) < 4.78 is 13.1. The second-order valence-electron chi connectivity index (χ2n) is 4.59. The molecule has 19 heavy (non-hydrogen) atoms. The summed E-state index contributed by atoms with van der Waals surface area (Å²) in [7, 11) is 0. The third-order valence-electron chi connectivity index (χ3n) is 3.30. The fraction of sp³-hybridized carbons (Fsp3) is 0.286. The Labute approximate surface area is 120 Å². The van der Waals surface area contributed by atoms with Gasteiger partial charge in [-0.25, -0.2) is 14.4 Å². The van der Waals surface area contributed by atoms with Gasteiger partial charge in [-0.05, 0) is 43.9 Å². The van der Waals surface area contributed by atoms with Gasteiger partial charge in [0.05, 0.1) is 5.02 Å². The average molecular weight is 297 g/mol. The maximum atomic E-state index is 13.1. The molecule has 98 valence electrons. The monoisotopic (exact) mass is 296 g/mol. The van der Waals surface area contributed by atoms with Gasteiger partial charge in [-0.1, -0.05) is 23.2 Å². The SMILES string of the molecule is Fc1ccc(-c2nc(Cl)c3c(n2)CCCC3)c(Cl)c1. The van der Waals surface area contributed by atoms with E-state index < -0.39 is 0 Å². The van der Waals surface area contributed by atoms with E-state index in [0.717, 1.165) is 36.9 Å². The first-order valence-corrected chi connectivity index (χ1v) is 6.91. The van der Waals surface area contributed by atoms with Crippen LogP contribution < -0.4 is 0 Å². The Morgan fingerprint density at radius 3 is 2.63 bits per heavy atom. The lowest BCUT2D eigenvalue weighted by Crippen LogP contribution is -2.09. The van der Waals surface area contributed by atoms with Gasteiger partial charge < -0.3 is 0 Å². The van der Waals surface area contributed by atoms with Gasteiger partial charge in [0.15, 0.2) is 5.82 Å². The summed E-state index contributed by atoms with van der Waals surface area (Å²) in [5.74, 6) is 0.0912. The van der Waals surface area contributed by atoms with E-state index >= 15 is 0 Å². The van der Waals surface area contributed by atoms with Crippen molar-refractivity contribution in [1.82, 2.24) is 9.97 Å². The molecule has 2 nitrogen and oxygen atoms in total. The van der Waals surface area contributed by atoms with Crippen molar-refractivity contribution in [1.29, 1.82) is 0 Å². The van der Waals surface area contributed by atoms with Crippen molar-refractivity contribution in [3.63, 3.8) is 0 Å². The van der Waals surface area contributed by atoms with Crippen molar-refractivity contribution in [2.24, 2.45) is 0 Å². The van der Waals surface area contributed by atoms with E-state index in [1.54, 1.807) is 6.07 Å².